The van der Waals surface area contributed by atoms with E-state index >= 15 is 0 Å². The molecule has 2 N–H and O–H groups in total. The van der Waals surface area contributed by atoms with Gasteiger partial charge in [0, 0.05) is 0 Å². The quantitative estimate of drug-likeness (QED) is 0.366. The lowest BCUT2D eigenvalue weighted by atomic mass is 10.5. The number of hydrogen-bond acceptors (Lipinski definition) is 4. The fraction of sp³-hybridized carbons (Fsp3) is 0. The number of carbonyl (C=O) groups excluding carboxylic acids is 1. The van der Waals surface area contributed by atoms with Crippen LogP contribution in [0.1, 0.15) is 10.5 Å². The van der Waals surface area contributed by atoms with Gasteiger partial charge in [0.05, 0.1) is 6.20 Å². The summed E-state index contributed by atoms with van der Waals surface area (Å²) in [5.41, 5.74) is 0.269. The van der Waals surface area contributed by atoms with Crippen LogP contribution in [-0.2, 0) is 0 Å². The highest BCUT2D eigenvalue weighted by Gasteiger charge is 1.93. The second-order valence-corrected chi connectivity index (χ2v) is 1.22. The van der Waals surface area contributed by atoms with Crippen molar-refractivity contribution in [2.24, 2.45) is 0 Å². The van der Waals surface area contributed by atoms with Crippen LogP contribution in [-0.4, -0.2) is 21.4 Å². The number of rotatable bonds is 1. The highest BCUT2D eigenvalue weighted by molar-refractivity contribution is 5.71. The molecule has 0 spiro atoms. The van der Waals surface area contributed by atoms with Gasteiger partial charge in [0.1, 0.15) is 5.69 Å². The molecule has 0 aromatic carbocycles. The van der Waals surface area contributed by atoms with E-state index in [-0.39, 0.29) is 5.69 Å². The summed E-state index contributed by atoms with van der Waals surface area (Å²) >= 11 is 0. The summed E-state index contributed by atoms with van der Waals surface area (Å²) in [5, 5.41) is 6.65. The summed E-state index contributed by atoms with van der Waals surface area (Å²) in [7, 11) is 0. The number of carbonyl (C=O) groups is 1. The van der Waals surface area contributed by atoms with E-state index in [1.165, 1.54) is 6.20 Å². The average Bonchev–Trinajstić information content (AvgIpc) is 2.14. The van der Waals surface area contributed by atoms with Gasteiger partial charge in [0.15, 0.2) is 6.29 Å². The molecule has 0 amide bonds. The Hall–Kier alpha value is -1.39. The maximum absolute atomic E-state index is 9.91. The van der Waals surface area contributed by atoms with Crippen molar-refractivity contribution in [2.75, 3.05) is 5.84 Å². The summed E-state index contributed by atoms with van der Waals surface area (Å²) in [6, 6.07) is 0. The highest BCUT2D eigenvalue weighted by Crippen LogP contribution is 1.81. The Morgan fingerprint density at radius 2 is 2.62 bits per heavy atom. The molecule has 0 saturated heterocycles. The van der Waals surface area contributed by atoms with E-state index in [4.69, 9.17) is 5.84 Å². The van der Waals surface area contributed by atoms with Crippen molar-refractivity contribution in [3.8, 4) is 0 Å². The van der Waals surface area contributed by atoms with Crippen LogP contribution in [0, 0.1) is 0 Å². The summed E-state index contributed by atoms with van der Waals surface area (Å²) in [4.78, 5) is 10.8. The standard InChI is InChI=1S/C3H4N4O/c4-7-3(2-8)1-5-6-7/h1-2H,4H2. The second kappa shape index (κ2) is 1.61. The fourth-order valence-corrected chi connectivity index (χ4v) is 0.336. The Bertz CT molecular complexity index is 193. The number of aromatic nitrogens is 3. The second-order valence-electron chi connectivity index (χ2n) is 1.22. The van der Waals surface area contributed by atoms with Crippen LogP contribution in [0.5, 0.6) is 0 Å². The summed E-state index contributed by atoms with van der Waals surface area (Å²) in [6.07, 6.45) is 1.87. The molecule has 0 bridgehead atoms. The molecular weight excluding hydrogens is 108 g/mol. The molecule has 8 heavy (non-hydrogen) atoms. The lowest BCUT2D eigenvalue weighted by Crippen LogP contribution is -2.13. The fourth-order valence-electron chi connectivity index (χ4n) is 0.336. The molecule has 0 fully saturated rings. The minimum absolute atomic E-state index is 0.269. The van der Waals surface area contributed by atoms with Crippen molar-refractivity contribution in [3.63, 3.8) is 0 Å². The molecule has 0 atom stereocenters. The Balaban J connectivity index is 3.09. The van der Waals surface area contributed by atoms with Crippen LogP contribution in [0.4, 0.5) is 0 Å². The number of hydrogen-bond donors (Lipinski definition) is 1. The van der Waals surface area contributed by atoms with E-state index < -0.39 is 0 Å². The molecule has 0 aliphatic rings. The molecule has 1 aromatic rings. The minimum atomic E-state index is 0.269. The first kappa shape index (κ1) is 4.76. The zero-order valence-corrected chi connectivity index (χ0v) is 3.98. The molecule has 0 radical (unpaired) electrons. The lowest BCUT2D eigenvalue weighted by molar-refractivity contribution is 0.111. The first-order valence-electron chi connectivity index (χ1n) is 1.95. The SMILES string of the molecule is Nn1nncc1C=O. The molecule has 0 aliphatic carbocycles. The molecular formula is C3H4N4O. The summed E-state index contributed by atoms with van der Waals surface area (Å²) in [6.45, 7) is 0. The van der Waals surface area contributed by atoms with Crippen molar-refractivity contribution >= 4 is 6.29 Å². The molecule has 0 unspecified atom stereocenters. The van der Waals surface area contributed by atoms with Gasteiger partial charge in [-0.3, -0.25) is 4.79 Å². The highest BCUT2D eigenvalue weighted by atomic mass is 16.1. The monoisotopic (exact) mass is 112 g/mol. The van der Waals surface area contributed by atoms with Gasteiger partial charge in [-0.05, 0) is 5.21 Å². The maximum atomic E-state index is 9.91. The van der Waals surface area contributed by atoms with Gasteiger partial charge >= 0.3 is 0 Å². The third-order valence-electron chi connectivity index (χ3n) is 0.723. The Morgan fingerprint density at radius 3 is 2.88 bits per heavy atom. The molecule has 5 nitrogen and oxygen atoms in total. The molecule has 0 aliphatic heterocycles. The molecule has 1 aromatic heterocycles. The smallest absolute Gasteiger partial charge is 0.171 e. The molecule has 1 rings (SSSR count). The van der Waals surface area contributed by atoms with Gasteiger partial charge in [-0.15, -0.1) is 5.10 Å². The largest absolute Gasteiger partial charge is 0.321 e. The van der Waals surface area contributed by atoms with E-state index in [2.05, 4.69) is 10.3 Å². The van der Waals surface area contributed by atoms with Crippen LogP contribution in [0.3, 0.4) is 0 Å². The first-order chi connectivity index (χ1) is 3.84. The van der Waals surface area contributed by atoms with E-state index in [1.54, 1.807) is 0 Å². The van der Waals surface area contributed by atoms with Gasteiger partial charge in [-0.25, -0.2) is 0 Å². The van der Waals surface area contributed by atoms with Gasteiger partial charge in [-0.2, -0.15) is 4.79 Å². The Labute approximate surface area is 45.1 Å². The zero-order valence-electron chi connectivity index (χ0n) is 3.98. The summed E-state index contributed by atoms with van der Waals surface area (Å²) < 4.78 is 0. The summed E-state index contributed by atoms with van der Waals surface area (Å²) in [5.74, 6) is 5.06. The molecule has 0 saturated carbocycles. The van der Waals surface area contributed by atoms with Gasteiger partial charge in [0.25, 0.3) is 0 Å². The van der Waals surface area contributed by atoms with Crippen LogP contribution in [0.2, 0.25) is 0 Å². The predicted octanol–water partition coefficient (Wildman–Crippen LogP) is -1.20. The normalized spacial score (nSPS) is 9.00. The molecule has 5 heteroatoms. The van der Waals surface area contributed by atoms with Crippen LogP contribution < -0.4 is 5.84 Å². The van der Waals surface area contributed by atoms with Gasteiger partial charge in [-0.1, -0.05) is 0 Å². The maximum Gasteiger partial charge on any atom is 0.171 e. The Kier molecular flexibility index (Phi) is 0.957. The number of nitrogen functional groups attached to an aromatic ring is 1. The van der Waals surface area contributed by atoms with Crippen molar-refractivity contribution < 1.29 is 4.79 Å². The van der Waals surface area contributed by atoms with Crippen LogP contribution in [0.25, 0.3) is 0 Å². The van der Waals surface area contributed by atoms with Crippen molar-refractivity contribution in [1.82, 2.24) is 15.1 Å². The van der Waals surface area contributed by atoms with Crippen LogP contribution in [0.15, 0.2) is 6.20 Å². The van der Waals surface area contributed by atoms with E-state index in [0.29, 0.717) is 6.29 Å². The van der Waals surface area contributed by atoms with E-state index in [0.717, 1.165) is 4.79 Å². The Morgan fingerprint density at radius 1 is 1.88 bits per heavy atom. The zero-order chi connectivity index (χ0) is 5.98. The van der Waals surface area contributed by atoms with E-state index in [9.17, 15) is 4.79 Å². The average molecular weight is 112 g/mol. The third-order valence-corrected chi connectivity index (χ3v) is 0.723. The predicted molar refractivity (Wildman–Crippen MR) is 25.6 cm³/mol. The van der Waals surface area contributed by atoms with Crippen molar-refractivity contribution in [2.45, 2.75) is 0 Å². The van der Waals surface area contributed by atoms with Gasteiger partial charge in [0.2, 0.25) is 0 Å². The molecule has 42 valence electrons. The van der Waals surface area contributed by atoms with E-state index in [1.807, 2.05) is 0 Å². The number of nitrogens with zero attached hydrogens (tertiary/aromatic N) is 3. The van der Waals surface area contributed by atoms with Crippen molar-refractivity contribution in [1.29, 1.82) is 0 Å². The third kappa shape index (κ3) is 0.534. The van der Waals surface area contributed by atoms with Crippen LogP contribution >= 0.6 is 0 Å². The van der Waals surface area contributed by atoms with Crippen molar-refractivity contribution in [3.05, 3.63) is 11.9 Å². The molecule has 1 heterocycles. The minimum Gasteiger partial charge on any atom is -0.321 e. The number of aldehydes is 1. The topological polar surface area (TPSA) is 73.8 Å². The van der Waals surface area contributed by atoms with Gasteiger partial charge < -0.3 is 5.84 Å². The number of nitrogens with two attached hydrogens (primary N) is 1. The lowest BCUT2D eigenvalue weighted by Gasteiger charge is -1.84. The first-order valence-corrected chi connectivity index (χ1v) is 1.95.